The van der Waals surface area contributed by atoms with Crippen molar-refractivity contribution in [1.82, 2.24) is 10.4 Å². The van der Waals surface area contributed by atoms with E-state index < -0.39 is 0 Å². The summed E-state index contributed by atoms with van der Waals surface area (Å²) in [5.74, 6) is 1.74. The van der Waals surface area contributed by atoms with Gasteiger partial charge in [-0.3, -0.25) is 5.43 Å². The van der Waals surface area contributed by atoms with Crippen molar-refractivity contribution >= 4 is 0 Å². The summed E-state index contributed by atoms with van der Waals surface area (Å²) in [5, 5.41) is 2.35. The first-order chi connectivity index (χ1) is 7.25. The molecule has 2 rings (SSSR count). The zero-order chi connectivity index (χ0) is 10.7. The first-order valence-electron chi connectivity index (χ1n) is 6.34. The van der Waals surface area contributed by atoms with Crippen LogP contribution in [0.25, 0.3) is 0 Å². The zero-order valence-corrected chi connectivity index (χ0v) is 10.0. The van der Waals surface area contributed by atoms with Gasteiger partial charge >= 0.3 is 0 Å². The van der Waals surface area contributed by atoms with E-state index in [0.29, 0.717) is 6.04 Å². The van der Waals surface area contributed by atoms with Crippen molar-refractivity contribution in [3.63, 3.8) is 0 Å². The average molecular weight is 212 g/mol. The summed E-state index contributed by atoms with van der Waals surface area (Å²) in [5.41, 5.74) is 3.68. The number of hydrazine groups is 1. The quantitative estimate of drug-likeness (QED) is 0.753. The normalized spacial score (nSPS) is 39.2. The second kappa shape index (κ2) is 5.28. The Labute approximate surface area is 93.1 Å². The SMILES string of the molecule is CC1CCC(NN2CCOCC2)C(C)C1. The van der Waals surface area contributed by atoms with Crippen LogP contribution in [-0.4, -0.2) is 37.4 Å². The van der Waals surface area contributed by atoms with Gasteiger partial charge in [0.25, 0.3) is 0 Å². The second-order valence-electron chi connectivity index (χ2n) is 5.23. The number of hydrogen-bond donors (Lipinski definition) is 1. The maximum atomic E-state index is 5.35. The molecule has 1 heterocycles. The first-order valence-corrected chi connectivity index (χ1v) is 6.34. The number of hydrogen-bond acceptors (Lipinski definition) is 3. The fourth-order valence-electron chi connectivity index (χ4n) is 2.78. The van der Waals surface area contributed by atoms with Gasteiger partial charge in [0.2, 0.25) is 0 Å². The highest BCUT2D eigenvalue weighted by Crippen LogP contribution is 2.28. The molecule has 0 aromatic heterocycles. The molecule has 0 aromatic carbocycles. The Morgan fingerprint density at radius 1 is 1.13 bits per heavy atom. The minimum atomic E-state index is 0.694. The zero-order valence-electron chi connectivity index (χ0n) is 10.0. The largest absolute Gasteiger partial charge is 0.379 e. The summed E-state index contributed by atoms with van der Waals surface area (Å²) in [6.07, 6.45) is 4.09. The van der Waals surface area contributed by atoms with Crippen molar-refractivity contribution in [3.8, 4) is 0 Å². The molecule has 1 saturated heterocycles. The van der Waals surface area contributed by atoms with Gasteiger partial charge in [-0.1, -0.05) is 13.8 Å². The Morgan fingerprint density at radius 3 is 2.53 bits per heavy atom. The van der Waals surface area contributed by atoms with Crippen molar-refractivity contribution < 1.29 is 4.74 Å². The summed E-state index contributed by atoms with van der Waals surface area (Å²) in [7, 11) is 0. The molecule has 0 radical (unpaired) electrons. The van der Waals surface area contributed by atoms with Crippen LogP contribution in [0.4, 0.5) is 0 Å². The van der Waals surface area contributed by atoms with E-state index in [1.807, 2.05) is 0 Å². The number of ether oxygens (including phenoxy) is 1. The van der Waals surface area contributed by atoms with Gasteiger partial charge < -0.3 is 4.74 Å². The minimum Gasteiger partial charge on any atom is -0.379 e. The lowest BCUT2D eigenvalue weighted by Gasteiger charge is -2.38. The van der Waals surface area contributed by atoms with Crippen LogP contribution < -0.4 is 5.43 Å². The molecule has 1 N–H and O–H groups in total. The molecule has 0 spiro atoms. The summed E-state index contributed by atoms with van der Waals surface area (Å²) < 4.78 is 5.35. The maximum Gasteiger partial charge on any atom is 0.0608 e. The molecule has 88 valence electrons. The third-order valence-corrected chi connectivity index (χ3v) is 3.79. The third kappa shape index (κ3) is 3.16. The van der Waals surface area contributed by atoms with Crippen LogP contribution in [0.2, 0.25) is 0 Å². The van der Waals surface area contributed by atoms with Crippen LogP contribution >= 0.6 is 0 Å². The highest BCUT2D eigenvalue weighted by Gasteiger charge is 2.26. The van der Waals surface area contributed by atoms with Gasteiger partial charge in [0.15, 0.2) is 0 Å². The van der Waals surface area contributed by atoms with Gasteiger partial charge in [-0.15, -0.1) is 0 Å². The van der Waals surface area contributed by atoms with E-state index in [2.05, 4.69) is 24.3 Å². The van der Waals surface area contributed by atoms with E-state index in [0.717, 1.165) is 38.1 Å². The van der Waals surface area contributed by atoms with E-state index in [-0.39, 0.29) is 0 Å². The molecule has 2 aliphatic rings. The first kappa shape index (κ1) is 11.4. The van der Waals surface area contributed by atoms with Crippen LogP contribution in [0.5, 0.6) is 0 Å². The average Bonchev–Trinajstić information content (AvgIpc) is 2.24. The lowest BCUT2D eigenvalue weighted by Crippen LogP contribution is -2.53. The molecule has 0 aromatic rings. The Balaban J connectivity index is 1.77. The molecule has 0 bridgehead atoms. The van der Waals surface area contributed by atoms with Gasteiger partial charge in [-0.25, -0.2) is 5.01 Å². The van der Waals surface area contributed by atoms with Crippen LogP contribution in [0, 0.1) is 11.8 Å². The summed E-state index contributed by atoms with van der Waals surface area (Å²) >= 11 is 0. The highest BCUT2D eigenvalue weighted by molar-refractivity contribution is 4.80. The van der Waals surface area contributed by atoms with E-state index >= 15 is 0 Å². The van der Waals surface area contributed by atoms with E-state index in [9.17, 15) is 0 Å². The predicted molar refractivity (Wildman–Crippen MR) is 61.5 cm³/mol. The lowest BCUT2D eigenvalue weighted by atomic mass is 9.80. The number of nitrogens with one attached hydrogen (secondary N) is 1. The van der Waals surface area contributed by atoms with Crippen molar-refractivity contribution in [3.05, 3.63) is 0 Å². The monoisotopic (exact) mass is 212 g/mol. The summed E-state index contributed by atoms with van der Waals surface area (Å²) in [4.78, 5) is 0. The van der Waals surface area contributed by atoms with E-state index in [1.54, 1.807) is 0 Å². The summed E-state index contributed by atoms with van der Waals surface area (Å²) in [6, 6.07) is 0.694. The molecule has 3 atom stereocenters. The summed E-state index contributed by atoms with van der Waals surface area (Å²) in [6.45, 7) is 8.60. The Hall–Kier alpha value is -0.120. The molecule has 0 amide bonds. The van der Waals surface area contributed by atoms with E-state index in [4.69, 9.17) is 4.74 Å². The van der Waals surface area contributed by atoms with Gasteiger partial charge in [0.05, 0.1) is 13.2 Å². The molecule has 3 unspecified atom stereocenters. The van der Waals surface area contributed by atoms with Crippen LogP contribution in [-0.2, 0) is 4.74 Å². The lowest BCUT2D eigenvalue weighted by molar-refractivity contribution is -0.00730. The smallest absolute Gasteiger partial charge is 0.0608 e. The Bertz CT molecular complexity index is 192. The second-order valence-corrected chi connectivity index (χ2v) is 5.23. The molecule has 3 heteroatoms. The minimum absolute atomic E-state index is 0.694. The van der Waals surface area contributed by atoms with E-state index in [1.165, 1.54) is 19.3 Å². The van der Waals surface area contributed by atoms with Gasteiger partial charge in [-0.05, 0) is 31.1 Å². The molecular weight excluding hydrogens is 188 g/mol. The third-order valence-electron chi connectivity index (χ3n) is 3.79. The molecule has 1 saturated carbocycles. The maximum absolute atomic E-state index is 5.35. The van der Waals surface area contributed by atoms with Crippen LogP contribution in [0.15, 0.2) is 0 Å². The topological polar surface area (TPSA) is 24.5 Å². The van der Waals surface area contributed by atoms with Crippen molar-refractivity contribution in [2.75, 3.05) is 26.3 Å². The Kier molecular flexibility index (Phi) is 4.00. The molecule has 15 heavy (non-hydrogen) atoms. The van der Waals surface area contributed by atoms with Crippen LogP contribution in [0.3, 0.4) is 0 Å². The van der Waals surface area contributed by atoms with Gasteiger partial charge in [0, 0.05) is 19.1 Å². The number of morpholine rings is 1. The number of rotatable bonds is 2. The molecule has 1 aliphatic heterocycles. The Morgan fingerprint density at radius 2 is 1.87 bits per heavy atom. The van der Waals surface area contributed by atoms with Crippen molar-refractivity contribution in [2.24, 2.45) is 11.8 Å². The molecule has 3 nitrogen and oxygen atoms in total. The predicted octanol–water partition coefficient (Wildman–Crippen LogP) is 1.65. The highest BCUT2D eigenvalue weighted by atomic mass is 16.5. The number of nitrogens with zero attached hydrogens (tertiary/aromatic N) is 1. The fourth-order valence-corrected chi connectivity index (χ4v) is 2.78. The molecular formula is C12H24N2O. The van der Waals surface area contributed by atoms with Crippen molar-refractivity contribution in [1.29, 1.82) is 0 Å². The fraction of sp³-hybridized carbons (Fsp3) is 1.00. The van der Waals surface area contributed by atoms with Crippen molar-refractivity contribution in [2.45, 2.75) is 39.2 Å². The molecule has 2 fully saturated rings. The molecule has 1 aliphatic carbocycles. The van der Waals surface area contributed by atoms with Crippen LogP contribution in [0.1, 0.15) is 33.1 Å². The van der Waals surface area contributed by atoms with Gasteiger partial charge in [0.1, 0.15) is 0 Å². The van der Waals surface area contributed by atoms with Gasteiger partial charge in [-0.2, -0.15) is 0 Å². The standard InChI is InChI=1S/C12H24N2O/c1-10-3-4-12(11(2)9-10)13-14-5-7-15-8-6-14/h10-13H,3-9H2,1-2H3.